The smallest absolute Gasteiger partial charge is 0.138 e. The zero-order valence-electron chi connectivity index (χ0n) is 13.1. The SMILES string of the molecule is CO[C@H]1CCC[C@@H](OC)C1n1c(C)nnc1[C@@H]1CCOC1. The normalized spacial score (nSPS) is 33.5. The van der Waals surface area contributed by atoms with E-state index in [9.17, 15) is 0 Å². The maximum absolute atomic E-state index is 5.74. The Morgan fingerprint density at radius 3 is 2.38 bits per heavy atom. The number of rotatable bonds is 4. The summed E-state index contributed by atoms with van der Waals surface area (Å²) in [7, 11) is 3.57. The van der Waals surface area contributed by atoms with Gasteiger partial charge in [-0.05, 0) is 32.6 Å². The van der Waals surface area contributed by atoms with Crippen LogP contribution >= 0.6 is 0 Å². The van der Waals surface area contributed by atoms with Crippen LogP contribution in [0.25, 0.3) is 0 Å². The van der Waals surface area contributed by atoms with Crippen molar-refractivity contribution in [3.05, 3.63) is 11.6 Å². The Kier molecular flexibility index (Phi) is 4.57. The van der Waals surface area contributed by atoms with Gasteiger partial charge in [0, 0.05) is 26.7 Å². The Morgan fingerprint density at radius 2 is 1.81 bits per heavy atom. The highest BCUT2D eigenvalue weighted by molar-refractivity contribution is 5.08. The molecule has 1 aromatic heterocycles. The molecule has 1 aliphatic carbocycles. The summed E-state index contributed by atoms with van der Waals surface area (Å²) in [5, 5.41) is 8.75. The summed E-state index contributed by atoms with van der Waals surface area (Å²) in [5.41, 5.74) is 0. The quantitative estimate of drug-likeness (QED) is 0.848. The van der Waals surface area contributed by atoms with Gasteiger partial charge < -0.3 is 18.8 Å². The third-order valence-corrected chi connectivity index (χ3v) is 4.83. The van der Waals surface area contributed by atoms with Gasteiger partial charge in [0.15, 0.2) is 0 Å². The van der Waals surface area contributed by atoms with E-state index in [0.717, 1.165) is 50.5 Å². The Hall–Kier alpha value is -0.980. The summed E-state index contributed by atoms with van der Waals surface area (Å²) in [6, 6.07) is 0.152. The molecule has 1 unspecified atom stereocenters. The van der Waals surface area contributed by atoms with Gasteiger partial charge in [-0.15, -0.1) is 10.2 Å². The second-order valence-electron chi connectivity index (χ2n) is 6.01. The van der Waals surface area contributed by atoms with Gasteiger partial charge in [-0.1, -0.05) is 0 Å². The largest absolute Gasteiger partial charge is 0.381 e. The molecule has 3 rings (SSSR count). The van der Waals surface area contributed by atoms with Crippen molar-refractivity contribution in [1.29, 1.82) is 0 Å². The van der Waals surface area contributed by atoms with E-state index in [2.05, 4.69) is 14.8 Å². The zero-order valence-corrected chi connectivity index (χ0v) is 13.1. The van der Waals surface area contributed by atoms with Crippen LogP contribution in [0.4, 0.5) is 0 Å². The number of aromatic nitrogens is 3. The molecule has 6 nitrogen and oxygen atoms in total. The summed E-state index contributed by atoms with van der Waals surface area (Å²) >= 11 is 0. The summed E-state index contributed by atoms with van der Waals surface area (Å²) in [6.45, 7) is 3.56. The van der Waals surface area contributed by atoms with Crippen LogP contribution in [0.15, 0.2) is 0 Å². The van der Waals surface area contributed by atoms with E-state index < -0.39 is 0 Å². The molecule has 0 radical (unpaired) electrons. The third kappa shape index (κ3) is 2.72. The van der Waals surface area contributed by atoms with Crippen LogP contribution in [0.2, 0.25) is 0 Å². The monoisotopic (exact) mass is 295 g/mol. The van der Waals surface area contributed by atoms with E-state index in [4.69, 9.17) is 14.2 Å². The summed E-state index contributed by atoms with van der Waals surface area (Å²) in [4.78, 5) is 0. The van der Waals surface area contributed by atoms with Crippen LogP contribution in [0.3, 0.4) is 0 Å². The van der Waals surface area contributed by atoms with E-state index in [1.165, 1.54) is 0 Å². The van der Waals surface area contributed by atoms with Crippen LogP contribution in [0.5, 0.6) is 0 Å². The Labute approximate surface area is 125 Å². The Morgan fingerprint density at radius 1 is 1.10 bits per heavy atom. The molecule has 0 spiro atoms. The van der Waals surface area contributed by atoms with Crippen molar-refractivity contribution >= 4 is 0 Å². The summed E-state index contributed by atoms with van der Waals surface area (Å²) in [6.07, 6.45) is 4.56. The lowest BCUT2D eigenvalue weighted by atomic mass is 9.88. The fourth-order valence-electron chi connectivity index (χ4n) is 3.72. The van der Waals surface area contributed by atoms with Crippen molar-refractivity contribution < 1.29 is 14.2 Å². The summed E-state index contributed by atoms with van der Waals surface area (Å²) in [5.74, 6) is 2.30. The number of aryl methyl sites for hydroxylation is 1. The average molecular weight is 295 g/mol. The molecular weight excluding hydrogens is 270 g/mol. The van der Waals surface area contributed by atoms with E-state index in [1.807, 2.05) is 6.92 Å². The molecule has 2 aliphatic rings. The van der Waals surface area contributed by atoms with Gasteiger partial charge >= 0.3 is 0 Å². The van der Waals surface area contributed by atoms with Crippen LogP contribution in [0, 0.1) is 6.92 Å². The van der Waals surface area contributed by atoms with E-state index in [-0.39, 0.29) is 18.2 Å². The number of methoxy groups -OCH3 is 2. The van der Waals surface area contributed by atoms with Crippen LogP contribution in [-0.4, -0.2) is 54.4 Å². The molecule has 0 amide bonds. The minimum absolute atomic E-state index is 0.152. The molecule has 0 bridgehead atoms. The second kappa shape index (κ2) is 6.42. The first-order valence-electron chi connectivity index (χ1n) is 7.81. The fraction of sp³-hybridized carbons (Fsp3) is 0.867. The van der Waals surface area contributed by atoms with Crippen LogP contribution < -0.4 is 0 Å². The number of nitrogens with zero attached hydrogens (tertiary/aromatic N) is 3. The lowest BCUT2D eigenvalue weighted by Crippen LogP contribution is -2.41. The lowest BCUT2D eigenvalue weighted by molar-refractivity contribution is -0.0577. The molecule has 1 aliphatic heterocycles. The topological polar surface area (TPSA) is 58.4 Å². The van der Waals surface area contributed by atoms with E-state index in [0.29, 0.717) is 5.92 Å². The number of hydrogen-bond acceptors (Lipinski definition) is 5. The predicted octanol–water partition coefficient (Wildman–Crippen LogP) is 1.85. The van der Waals surface area contributed by atoms with Crippen molar-refractivity contribution in [2.45, 2.75) is 56.8 Å². The molecule has 1 aromatic rings. The van der Waals surface area contributed by atoms with Crippen LogP contribution in [0.1, 0.15) is 49.3 Å². The maximum Gasteiger partial charge on any atom is 0.138 e. The van der Waals surface area contributed by atoms with Crippen molar-refractivity contribution in [3.8, 4) is 0 Å². The van der Waals surface area contributed by atoms with Crippen molar-refractivity contribution in [1.82, 2.24) is 14.8 Å². The molecule has 1 saturated carbocycles. The predicted molar refractivity (Wildman–Crippen MR) is 77.4 cm³/mol. The van der Waals surface area contributed by atoms with Gasteiger partial charge in [-0.2, -0.15) is 0 Å². The molecule has 6 heteroatoms. The minimum atomic E-state index is 0.152. The van der Waals surface area contributed by atoms with Crippen molar-refractivity contribution in [2.24, 2.45) is 0 Å². The molecule has 2 heterocycles. The molecule has 1 saturated heterocycles. The molecule has 0 N–H and O–H groups in total. The molecule has 2 fully saturated rings. The average Bonchev–Trinajstić information content (AvgIpc) is 3.15. The molecular formula is C15H25N3O3. The fourth-order valence-corrected chi connectivity index (χ4v) is 3.72. The molecule has 21 heavy (non-hydrogen) atoms. The highest BCUT2D eigenvalue weighted by Gasteiger charge is 2.39. The van der Waals surface area contributed by atoms with Crippen molar-refractivity contribution in [2.75, 3.05) is 27.4 Å². The first-order chi connectivity index (χ1) is 10.3. The maximum atomic E-state index is 5.74. The van der Waals surface area contributed by atoms with Gasteiger partial charge in [0.05, 0.1) is 24.9 Å². The van der Waals surface area contributed by atoms with Gasteiger partial charge in [0.25, 0.3) is 0 Å². The zero-order chi connectivity index (χ0) is 14.8. The Balaban J connectivity index is 1.97. The lowest BCUT2D eigenvalue weighted by Gasteiger charge is -2.38. The highest BCUT2D eigenvalue weighted by atomic mass is 16.5. The van der Waals surface area contributed by atoms with Gasteiger partial charge in [0.2, 0.25) is 0 Å². The van der Waals surface area contributed by atoms with Crippen molar-refractivity contribution in [3.63, 3.8) is 0 Å². The number of hydrogen-bond donors (Lipinski definition) is 0. The third-order valence-electron chi connectivity index (χ3n) is 4.83. The van der Waals surface area contributed by atoms with Gasteiger partial charge in [-0.3, -0.25) is 0 Å². The standard InChI is InChI=1S/C15H25N3O3/c1-10-16-17-15(11-7-8-21-9-11)18(10)14-12(19-2)5-4-6-13(14)20-3/h11-14H,4-9H2,1-3H3/t11-,12-,13+,14?/m1/s1. The van der Waals surface area contributed by atoms with Gasteiger partial charge in [-0.25, -0.2) is 0 Å². The number of ether oxygens (including phenoxy) is 3. The summed E-state index contributed by atoms with van der Waals surface area (Å²) < 4.78 is 19.3. The Bertz CT molecular complexity index is 459. The van der Waals surface area contributed by atoms with Gasteiger partial charge in [0.1, 0.15) is 11.6 Å². The molecule has 118 valence electrons. The second-order valence-corrected chi connectivity index (χ2v) is 6.01. The minimum Gasteiger partial charge on any atom is -0.381 e. The van der Waals surface area contributed by atoms with Crippen LogP contribution in [-0.2, 0) is 14.2 Å². The highest BCUT2D eigenvalue weighted by Crippen LogP contribution is 2.36. The molecule has 0 aromatic carbocycles. The van der Waals surface area contributed by atoms with E-state index in [1.54, 1.807) is 14.2 Å². The molecule has 4 atom stereocenters. The van der Waals surface area contributed by atoms with E-state index >= 15 is 0 Å². The first-order valence-corrected chi connectivity index (χ1v) is 7.81. The first kappa shape index (κ1) is 14.9.